The Morgan fingerprint density at radius 3 is 2.48 bits per heavy atom. The van der Waals surface area contributed by atoms with E-state index >= 15 is 0 Å². The second-order valence-electron chi connectivity index (χ2n) is 5.95. The van der Waals surface area contributed by atoms with Crippen LogP contribution in [0.1, 0.15) is 50.1 Å². The van der Waals surface area contributed by atoms with Crippen molar-refractivity contribution in [3.8, 4) is 0 Å². The van der Waals surface area contributed by atoms with Crippen LogP contribution in [0.25, 0.3) is 0 Å². The van der Waals surface area contributed by atoms with Gasteiger partial charge in [0.15, 0.2) is 0 Å². The number of amides is 1. The average molecular weight is 288 g/mol. The molecule has 0 spiro atoms. The monoisotopic (exact) mass is 288 g/mol. The highest BCUT2D eigenvalue weighted by molar-refractivity contribution is 5.82. The van der Waals surface area contributed by atoms with Crippen LogP contribution in [-0.4, -0.2) is 32.9 Å². The summed E-state index contributed by atoms with van der Waals surface area (Å²) in [5, 5.41) is 9.56. The molecule has 2 atom stereocenters. The molecule has 2 fully saturated rings. The van der Waals surface area contributed by atoms with Crippen molar-refractivity contribution >= 4 is 11.9 Å². The van der Waals surface area contributed by atoms with E-state index in [0.29, 0.717) is 12.8 Å². The number of carboxylic acid groups (broad SMARTS) is 1. The molecule has 1 N–H and O–H groups in total. The van der Waals surface area contributed by atoms with E-state index in [0.717, 1.165) is 31.2 Å². The van der Waals surface area contributed by atoms with E-state index in [1.165, 1.54) is 0 Å². The Morgan fingerprint density at radius 1 is 1.19 bits per heavy atom. The van der Waals surface area contributed by atoms with Crippen molar-refractivity contribution in [1.82, 2.24) is 9.88 Å². The molecule has 1 aromatic rings. The zero-order valence-corrected chi connectivity index (χ0v) is 11.9. The van der Waals surface area contributed by atoms with Crippen LogP contribution >= 0.6 is 0 Å². The quantitative estimate of drug-likeness (QED) is 0.927. The number of hydrogen-bond donors (Lipinski definition) is 1. The van der Waals surface area contributed by atoms with Gasteiger partial charge in [0.25, 0.3) is 0 Å². The van der Waals surface area contributed by atoms with Crippen molar-refractivity contribution < 1.29 is 14.7 Å². The number of carbonyl (C=O) groups is 2. The van der Waals surface area contributed by atoms with E-state index in [9.17, 15) is 14.7 Å². The average Bonchev–Trinajstić information content (AvgIpc) is 3.01. The molecule has 2 unspecified atom stereocenters. The van der Waals surface area contributed by atoms with Gasteiger partial charge in [0.2, 0.25) is 5.91 Å². The van der Waals surface area contributed by atoms with Crippen molar-refractivity contribution in [3.05, 3.63) is 30.1 Å². The van der Waals surface area contributed by atoms with Crippen LogP contribution < -0.4 is 0 Å². The highest BCUT2D eigenvalue weighted by Crippen LogP contribution is 2.41. The molecule has 1 saturated heterocycles. The molecule has 2 heterocycles. The number of carboxylic acids is 1. The molecule has 21 heavy (non-hydrogen) atoms. The van der Waals surface area contributed by atoms with Gasteiger partial charge >= 0.3 is 5.97 Å². The fourth-order valence-corrected chi connectivity index (χ4v) is 3.74. The lowest BCUT2D eigenvalue weighted by atomic mass is 9.83. The summed E-state index contributed by atoms with van der Waals surface area (Å²) >= 11 is 0. The number of pyridine rings is 1. The van der Waals surface area contributed by atoms with Gasteiger partial charge in [0.05, 0.1) is 12.0 Å². The van der Waals surface area contributed by atoms with Crippen LogP contribution in [0.3, 0.4) is 0 Å². The van der Waals surface area contributed by atoms with E-state index in [2.05, 4.69) is 4.98 Å². The van der Waals surface area contributed by atoms with Gasteiger partial charge in [-0.15, -0.1) is 0 Å². The number of likely N-dealkylation sites (tertiary alicyclic amines) is 1. The molecule has 0 radical (unpaired) electrons. The summed E-state index contributed by atoms with van der Waals surface area (Å²) in [6.07, 6.45) is 8.31. The molecule has 1 aromatic heterocycles. The van der Waals surface area contributed by atoms with Crippen molar-refractivity contribution in [2.24, 2.45) is 5.92 Å². The van der Waals surface area contributed by atoms with E-state index in [-0.39, 0.29) is 18.0 Å². The SMILES string of the molecule is O=C(O)C1CCC(=O)N(C2CCCC2)C1c1ccncc1. The third kappa shape index (κ3) is 2.64. The zero-order valence-electron chi connectivity index (χ0n) is 11.9. The molecule has 1 amide bonds. The normalized spacial score (nSPS) is 27.0. The van der Waals surface area contributed by atoms with Gasteiger partial charge in [-0.25, -0.2) is 0 Å². The van der Waals surface area contributed by atoms with Crippen LogP contribution in [0.4, 0.5) is 0 Å². The fraction of sp³-hybridized carbons (Fsp3) is 0.562. The maximum absolute atomic E-state index is 12.5. The predicted molar refractivity (Wildman–Crippen MR) is 76.4 cm³/mol. The van der Waals surface area contributed by atoms with E-state index < -0.39 is 11.9 Å². The summed E-state index contributed by atoms with van der Waals surface area (Å²) in [4.78, 5) is 30.0. The minimum absolute atomic E-state index is 0.0983. The van der Waals surface area contributed by atoms with Gasteiger partial charge in [0.1, 0.15) is 0 Å². The molecule has 1 aliphatic carbocycles. The molecule has 0 aromatic carbocycles. The maximum atomic E-state index is 12.5. The first-order valence-corrected chi connectivity index (χ1v) is 7.62. The predicted octanol–water partition coefficient (Wildman–Crippen LogP) is 2.39. The minimum atomic E-state index is -0.813. The summed E-state index contributed by atoms with van der Waals surface area (Å²) in [7, 11) is 0. The van der Waals surface area contributed by atoms with Crippen LogP contribution in [0.5, 0.6) is 0 Å². The number of nitrogens with zero attached hydrogens (tertiary/aromatic N) is 2. The Bertz CT molecular complexity index is 526. The number of rotatable bonds is 3. The summed E-state index contributed by atoms with van der Waals surface area (Å²) in [6.45, 7) is 0. The van der Waals surface area contributed by atoms with Gasteiger partial charge < -0.3 is 10.0 Å². The molecule has 1 saturated carbocycles. The summed E-state index contributed by atoms with van der Waals surface area (Å²) < 4.78 is 0. The number of aromatic nitrogens is 1. The lowest BCUT2D eigenvalue weighted by Gasteiger charge is -2.43. The van der Waals surface area contributed by atoms with Crippen molar-refractivity contribution in [2.75, 3.05) is 0 Å². The first-order chi connectivity index (χ1) is 10.2. The molecule has 2 aliphatic rings. The summed E-state index contributed by atoms with van der Waals surface area (Å²) in [5.41, 5.74) is 0.886. The largest absolute Gasteiger partial charge is 0.481 e. The Hall–Kier alpha value is -1.91. The standard InChI is InChI=1S/C16H20N2O3/c19-14-6-5-13(16(20)21)15(11-7-9-17-10-8-11)18(14)12-3-1-2-4-12/h7-10,12-13,15H,1-6H2,(H,20,21). The van der Waals surface area contributed by atoms with Crippen LogP contribution in [0, 0.1) is 5.92 Å². The van der Waals surface area contributed by atoms with Gasteiger partial charge in [0, 0.05) is 24.9 Å². The fourth-order valence-electron chi connectivity index (χ4n) is 3.74. The molecule has 0 bridgehead atoms. The van der Waals surface area contributed by atoms with Crippen molar-refractivity contribution in [2.45, 2.75) is 50.6 Å². The van der Waals surface area contributed by atoms with Crippen molar-refractivity contribution in [1.29, 1.82) is 0 Å². The molecule has 5 heteroatoms. The van der Waals surface area contributed by atoms with E-state index in [1.54, 1.807) is 12.4 Å². The van der Waals surface area contributed by atoms with E-state index in [4.69, 9.17) is 0 Å². The topological polar surface area (TPSA) is 70.5 Å². The summed E-state index contributed by atoms with van der Waals surface area (Å²) in [5.74, 6) is -1.24. The highest BCUT2D eigenvalue weighted by Gasteiger charge is 2.43. The van der Waals surface area contributed by atoms with E-state index in [1.807, 2.05) is 17.0 Å². The van der Waals surface area contributed by atoms with Gasteiger partial charge in [-0.3, -0.25) is 14.6 Å². The molecule has 1 aliphatic heterocycles. The summed E-state index contributed by atoms with van der Waals surface area (Å²) in [6, 6.07) is 3.51. The van der Waals surface area contributed by atoms with Gasteiger partial charge in [-0.05, 0) is 37.0 Å². The smallest absolute Gasteiger partial charge is 0.308 e. The Labute approximate surface area is 124 Å². The van der Waals surface area contributed by atoms with Crippen molar-refractivity contribution in [3.63, 3.8) is 0 Å². The highest BCUT2D eigenvalue weighted by atomic mass is 16.4. The second kappa shape index (κ2) is 5.84. The second-order valence-corrected chi connectivity index (χ2v) is 5.95. The first kappa shape index (κ1) is 14.0. The maximum Gasteiger partial charge on any atom is 0.308 e. The van der Waals surface area contributed by atoms with Crippen LogP contribution in [0.2, 0.25) is 0 Å². The number of aliphatic carboxylic acids is 1. The zero-order chi connectivity index (χ0) is 14.8. The van der Waals surface area contributed by atoms with Gasteiger partial charge in [-0.2, -0.15) is 0 Å². The molecule has 3 rings (SSSR count). The Balaban J connectivity index is 1.99. The third-order valence-corrected chi connectivity index (χ3v) is 4.72. The lowest BCUT2D eigenvalue weighted by Crippen LogP contribution is -2.49. The number of hydrogen-bond acceptors (Lipinski definition) is 3. The Morgan fingerprint density at radius 2 is 1.86 bits per heavy atom. The van der Waals surface area contributed by atoms with Crippen LogP contribution in [-0.2, 0) is 9.59 Å². The van der Waals surface area contributed by atoms with Gasteiger partial charge in [-0.1, -0.05) is 12.8 Å². The third-order valence-electron chi connectivity index (χ3n) is 4.72. The molecular formula is C16H20N2O3. The first-order valence-electron chi connectivity index (χ1n) is 7.62. The Kier molecular flexibility index (Phi) is 3.90. The minimum Gasteiger partial charge on any atom is -0.481 e. The number of carbonyl (C=O) groups excluding carboxylic acids is 1. The lowest BCUT2D eigenvalue weighted by molar-refractivity contribution is -0.154. The molecular weight excluding hydrogens is 268 g/mol. The molecule has 5 nitrogen and oxygen atoms in total. The molecule has 112 valence electrons. The number of piperidine rings is 1. The van der Waals surface area contributed by atoms with Crippen LogP contribution in [0.15, 0.2) is 24.5 Å².